The topological polar surface area (TPSA) is 172 Å². The summed E-state index contributed by atoms with van der Waals surface area (Å²) >= 11 is 0. The van der Waals surface area contributed by atoms with Crippen LogP contribution in [0.15, 0.2) is 24.3 Å². The standard InChI is InChI=1S/C34H62NO10P/c1-3-5-7-9-11-12-13-14-15-16-17-18-20-21-23-25-32(36)42-27-30(28-43-46(40,41)44-29-31(35)34(38)39)45-33(37)26-24-22-19-10-8-6-4-2/h20-21,23,25,30-31H,3-19,22,24,26-29,35H2,1-2H3,(H,38,39)(H,40,41)/b21-20+,25-23+/t30-,31+/m0/s1. The van der Waals surface area contributed by atoms with E-state index in [9.17, 15) is 23.8 Å². The summed E-state index contributed by atoms with van der Waals surface area (Å²) < 4.78 is 32.2. The van der Waals surface area contributed by atoms with Crippen LogP contribution in [0.2, 0.25) is 0 Å². The number of carbonyl (C=O) groups is 3. The largest absolute Gasteiger partial charge is 0.480 e. The van der Waals surface area contributed by atoms with Crippen LogP contribution >= 0.6 is 7.82 Å². The van der Waals surface area contributed by atoms with Gasteiger partial charge in [-0.1, -0.05) is 135 Å². The van der Waals surface area contributed by atoms with Crippen LogP contribution in [0.25, 0.3) is 0 Å². The Morgan fingerprint density at radius 1 is 0.717 bits per heavy atom. The van der Waals surface area contributed by atoms with Gasteiger partial charge < -0.3 is 25.2 Å². The molecule has 3 atom stereocenters. The van der Waals surface area contributed by atoms with Crippen LogP contribution in [0, 0.1) is 0 Å². The summed E-state index contributed by atoms with van der Waals surface area (Å²) in [5.41, 5.74) is 5.28. The summed E-state index contributed by atoms with van der Waals surface area (Å²) in [6, 6.07) is -1.53. The first-order valence-corrected chi connectivity index (χ1v) is 18.9. The Kier molecular flexibility index (Phi) is 29.0. The minimum absolute atomic E-state index is 0.142. The van der Waals surface area contributed by atoms with Gasteiger partial charge in [0.05, 0.1) is 13.2 Å². The molecule has 0 aliphatic heterocycles. The molecule has 1 unspecified atom stereocenters. The first-order valence-electron chi connectivity index (χ1n) is 17.4. The summed E-state index contributed by atoms with van der Waals surface area (Å²) in [6.07, 6.45) is 27.7. The Balaban J connectivity index is 4.52. The van der Waals surface area contributed by atoms with Crippen molar-refractivity contribution in [3.8, 4) is 0 Å². The molecule has 0 aliphatic rings. The monoisotopic (exact) mass is 675 g/mol. The lowest BCUT2D eigenvalue weighted by Gasteiger charge is -2.20. The van der Waals surface area contributed by atoms with E-state index in [0.29, 0.717) is 6.42 Å². The number of allylic oxidation sites excluding steroid dienone is 3. The number of carboxylic acids is 1. The van der Waals surface area contributed by atoms with Gasteiger partial charge in [-0.15, -0.1) is 0 Å². The Morgan fingerprint density at radius 3 is 1.76 bits per heavy atom. The molecule has 12 heteroatoms. The maximum absolute atomic E-state index is 12.4. The maximum Gasteiger partial charge on any atom is 0.472 e. The molecule has 0 aromatic rings. The van der Waals surface area contributed by atoms with Gasteiger partial charge in [-0.25, -0.2) is 9.36 Å². The number of phosphoric ester groups is 1. The second-order valence-electron chi connectivity index (χ2n) is 11.7. The normalized spacial score (nSPS) is 14.3. The van der Waals surface area contributed by atoms with Crippen LogP contribution in [0.1, 0.15) is 142 Å². The molecule has 0 heterocycles. The molecule has 46 heavy (non-hydrogen) atoms. The Labute approximate surface area is 277 Å². The molecule has 0 saturated heterocycles. The van der Waals surface area contributed by atoms with Crippen molar-refractivity contribution < 1.29 is 47.5 Å². The number of esters is 2. The van der Waals surface area contributed by atoms with Gasteiger partial charge in [0.2, 0.25) is 0 Å². The van der Waals surface area contributed by atoms with Crippen LogP contribution in [0.4, 0.5) is 0 Å². The van der Waals surface area contributed by atoms with Gasteiger partial charge in [0.25, 0.3) is 0 Å². The van der Waals surface area contributed by atoms with Gasteiger partial charge in [-0.05, 0) is 19.3 Å². The highest BCUT2D eigenvalue weighted by Crippen LogP contribution is 2.43. The van der Waals surface area contributed by atoms with Gasteiger partial charge in [-0.2, -0.15) is 0 Å². The van der Waals surface area contributed by atoms with Gasteiger partial charge in [-0.3, -0.25) is 18.6 Å². The van der Waals surface area contributed by atoms with Crippen LogP contribution in [0.5, 0.6) is 0 Å². The second-order valence-corrected chi connectivity index (χ2v) is 13.2. The van der Waals surface area contributed by atoms with E-state index in [-0.39, 0.29) is 6.42 Å². The number of rotatable bonds is 32. The fourth-order valence-electron chi connectivity index (χ4n) is 4.51. The SMILES string of the molecule is CCCCCCCCCCCCC/C=C/C=C/C(=O)OC[C@@H](COP(=O)(O)OC[C@@H](N)C(=O)O)OC(=O)CCCCCCCCC. The fraction of sp³-hybridized carbons (Fsp3) is 0.794. The highest BCUT2D eigenvalue weighted by atomic mass is 31.2. The summed E-state index contributed by atoms with van der Waals surface area (Å²) in [7, 11) is -4.72. The lowest BCUT2D eigenvalue weighted by molar-refractivity contribution is -0.159. The number of phosphoric acid groups is 1. The quantitative estimate of drug-likeness (QED) is 0.0208. The Bertz CT molecular complexity index is 895. The fourth-order valence-corrected chi connectivity index (χ4v) is 5.28. The van der Waals surface area contributed by atoms with Crippen molar-refractivity contribution in [1.82, 2.24) is 0 Å². The molecule has 11 nitrogen and oxygen atoms in total. The van der Waals surface area contributed by atoms with Gasteiger partial charge in [0.15, 0.2) is 6.10 Å². The molecule has 0 fully saturated rings. The molecule has 0 saturated carbocycles. The van der Waals surface area contributed by atoms with Gasteiger partial charge in [0, 0.05) is 12.5 Å². The first kappa shape index (κ1) is 44.0. The van der Waals surface area contributed by atoms with Crippen molar-refractivity contribution in [3.63, 3.8) is 0 Å². The molecular formula is C34H62NO10P. The molecule has 0 aromatic heterocycles. The van der Waals surface area contributed by atoms with Crippen LogP contribution in [-0.4, -0.2) is 59.9 Å². The summed E-state index contributed by atoms with van der Waals surface area (Å²) in [5.74, 6) is -2.65. The van der Waals surface area contributed by atoms with Gasteiger partial charge in [0.1, 0.15) is 12.6 Å². The highest BCUT2D eigenvalue weighted by Gasteiger charge is 2.28. The summed E-state index contributed by atoms with van der Waals surface area (Å²) in [5, 5.41) is 8.81. The van der Waals surface area contributed by atoms with Crippen LogP contribution in [0.3, 0.4) is 0 Å². The lowest BCUT2D eigenvalue weighted by atomic mass is 10.1. The average Bonchev–Trinajstić information content (AvgIpc) is 3.02. The minimum Gasteiger partial charge on any atom is -0.480 e. The molecule has 0 spiro atoms. The van der Waals surface area contributed by atoms with E-state index in [4.69, 9.17) is 24.8 Å². The number of hydrogen-bond donors (Lipinski definition) is 3. The van der Waals surface area contributed by atoms with E-state index in [0.717, 1.165) is 44.9 Å². The zero-order chi connectivity index (χ0) is 34.3. The molecule has 0 amide bonds. The van der Waals surface area contributed by atoms with E-state index in [1.165, 1.54) is 76.7 Å². The molecule has 0 bridgehead atoms. The zero-order valence-corrected chi connectivity index (χ0v) is 29.3. The lowest BCUT2D eigenvalue weighted by Crippen LogP contribution is -2.34. The predicted molar refractivity (Wildman–Crippen MR) is 180 cm³/mol. The Morgan fingerprint density at radius 2 is 1.22 bits per heavy atom. The average molecular weight is 676 g/mol. The predicted octanol–water partition coefficient (Wildman–Crippen LogP) is 7.94. The third-order valence-corrected chi connectivity index (χ3v) is 8.26. The molecule has 0 radical (unpaired) electrons. The van der Waals surface area contributed by atoms with Crippen molar-refractivity contribution in [1.29, 1.82) is 0 Å². The summed E-state index contributed by atoms with van der Waals surface area (Å²) in [6.45, 7) is 2.59. The van der Waals surface area contributed by atoms with E-state index < -0.39 is 57.7 Å². The molecular weight excluding hydrogens is 613 g/mol. The van der Waals surface area contributed by atoms with Crippen molar-refractivity contribution in [2.45, 2.75) is 154 Å². The van der Waals surface area contributed by atoms with Crippen LogP contribution in [-0.2, 0) is 37.5 Å². The summed E-state index contributed by atoms with van der Waals surface area (Å²) in [4.78, 5) is 45.3. The zero-order valence-electron chi connectivity index (χ0n) is 28.4. The van der Waals surface area contributed by atoms with Crippen LogP contribution < -0.4 is 5.73 Å². The molecule has 4 N–H and O–H groups in total. The molecule has 268 valence electrons. The molecule has 0 aliphatic carbocycles. The smallest absolute Gasteiger partial charge is 0.472 e. The van der Waals surface area contributed by atoms with Crippen molar-refractivity contribution >= 4 is 25.7 Å². The van der Waals surface area contributed by atoms with E-state index in [2.05, 4.69) is 18.4 Å². The Hall–Kier alpha value is -2.04. The van der Waals surface area contributed by atoms with Crippen molar-refractivity contribution in [2.75, 3.05) is 19.8 Å². The number of nitrogens with two attached hydrogens (primary N) is 1. The molecule has 0 aromatic carbocycles. The highest BCUT2D eigenvalue weighted by molar-refractivity contribution is 7.47. The van der Waals surface area contributed by atoms with Crippen molar-refractivity contribution in [3.05, 3.63) is 24.3 Å². The maximum atomic E-state index is 12.4. The van der Waals surface area contributed by atoms with E-state index in [1.807, 2.05) is 6.08 Å². The minimum atomic E-state index is -4.72. The van der Waals surface area contributed by atoms with Gasteiger partial charge >= 0.3 is 25.7 Å². The van der Waals surface area contributed by atoms with E-state index >= 15 is 0 Å². The van der Waals surface area contributed by atoms with E-state index in [1.54, 1.807) is 12.2 Å². The number of hydrogen-bond acceptors (Lipinski definition) is 9. The third-order valence-electron chi connectivity index (χ3n) is 7.31. The number of carbonyl (C=O) groups excluding carboxylic acids is 2. The number of aliphatic carboxylic acids is 1. The number of unbranched alkanes of at least 4 members (excludes halogenated alkanes) is 17. The first-order chi connectivity index (χ1) is 22.1. The number of carboxylic acid groups (broad SMARTS) is 1. The second kappa shape index (κ2) is 30.3. The number of ether oxygens (including phenoxy) is 2. The third kappa shape index (κ3) is 29.4. The van der Waals surface area contributed by atoms with Crippen molar-refractivity contribution in [2.24, 2.45) is 5.73 Å². The molecule has 0 rings (SSSR count).